The van der Waals surface area contributed by atoms with Crippen molar-refractivity contribution in [3.05, 3.63) is 63.3 Å². The summed E-state index contributed by atoms with van der Waals surface area (Å²) in [5.41, 5.74) is 0.301. The summed E-state index contributed by atoms with van der Waals surface area (Å²) in [5.74, 6) is -0.122. The highest BCUT2D eigenvalue weighted by Crippen LogP contribution is 2.25. The van der Waals surface area contributed by atoms with Gasteiger partial charge < -0.3 is 4.74 Å². The number of rotatable bonds is 6. The number of nitro groups is 1. The molecule has 8 heteroatoms. The molecule has 114 valence electrons. The topological polar surface area (TPSA) is 82.3 Å². The van der Waals surface area contributed by atoms with Crippen molar-refractivity contribution in [1.29, 1.82) is 0 Å². The average molecular weight is 339 g/mol. The van der Waals surface area contributed by atoms with Gasteiger partial charge in [0.2, 0.25) is 0 Å². The smallest absolute Gasteiger partial charge is 0.338 e. The molecule has 0 spiro atoms. The monoisotopic (exact) mass is 338 g/mol. The van der Waals surface area contributed by atoms with Crippen LogP contribution in [0.3, 0.4) is 0 Å². The summed E-state index contributed by atoms with van der Waals surface area (Å²) in [4.78, 5) is 26.1. The minimum absolute atomic E-state index is 0.0614. The molecule has 0 amide bonds. The number of ether oxygens (including phenoxy) is 1. The van der Waals surface area contributed by atoms with Crippen molar-refractivity contribution in [3.8, 4) is 0 Å². The van der Waals surface area contributed by atoms with Gasteiger partial charge in [-0.05, 0) is 24.3 Å². The van der Waals surface area contributed by atoms with E-state index in [9.17, 15) is 14.9 Å². The molecule has 6 nitrogen and oxygen atoms in total. The minimum Gasteiger partial charge on any atom is -0.461 e. The predicted molar refractivity (Wildman–Crippen MR) is 83.3 cm³/mol. The second-order valence-corrected chi connectivity index (χ2v) is 5.60. The Morgan fingerprint density at radius 1 is 1.36 bits per heavy atom. The zero-order valence-electron chi connectivity index (χ0n) is 11.3. The Labute approximate surface area is 135 Å². The summed E-state index contributed by atoms with van der Waals surface area (Å²) >= 11 is 6.95. The molecule has 0 aliphatic heterocycles. The Kier molecular flexibility index (Phi) is 5.74. The third kappa shape index (κ3) is 4.44. The average Bonchev–Trinajstić information content (AvgIpc) is 2.51. The van der Waals surface area contributed by atoms with E-state index in [-0.39, 0.29) is 12.3 Å². The van der Waals surface area contributed by atoms with Crippen molar-refractivity contribution >= 4 is 35.0 Å². The lowest BCUT2D eigenvalue weighted by atomic mass is 10.2. The van der Waals surface area contributed by atoms with Gasteiger partial charge in [-0.2, -0.15) is 0 Å². The SMILES string of the molecule is O=C(OCCSc1ncccc1[N+](=O)[O-])c1cccc(Cl)c1. The molecule has 2 aromatic rings. The van der Waals surface area contributed by atoms with E-state index in [0.717, 1.165) is 11.8 Å². The molecule has 0 aliphatic carbocycles. The molecular formula is C14H11ClN2O4S. The van der Waals surface area contributed by atoms with E-state index in [1.165, 1.54) is 24.4 Å². The fraction of sp³-hybridized carbons (Fsp3) is 0.143. The van der Waals surface area contributed by atoms with Crippen LogP contribution in [0.4, 0.5) is 5.69 Å². The number of hydrogen-bond acceptors (Lipinski definition) is 6. The minimum atomic E-state index is -0.493. The molecule has 0 bridgehead atoms. The van der Waals surface area contributed by atoms with Gasteiger partial charge in [-0.25, -0.2) is 9.78 Å². The van der Waals surface area contributed by atoms with Crippen LogP contribution in [0, 0.1) is 10.1 Å². The third-order valence-electron chi connectivity index (χ3n) is 2.56. The van der Waals surface area contributed by atoms with Gasteiger partial charge in [-0.1, -0.05) is 29.4 Å². The van der Waals surface area contributed by atoms with Gasteiger partial charge in [-0.3, -0.25) is 10.1 Å². The Balaban J connectivity index is 1.85. The zero-order valence-corrected chi connectivity index (χ0v) is 12.8. The standard InChI is InChI=1S/C14H11ClN2O4S/c15-11-4-1-3-10(9-11)14(18)21-7-8-22-13-12(17(19)20)5-2-6-16-13/h1-6,9H,7-8H2. The van der Waals surface area contributed by atoms with Gasteiger partial charge in [0.05, 0.1) is 10.5 Å². The Bertz CT molecular complexity index is 696. The number of benzene rings is 1. The number of esters is 1. The summed E-state index contributed by atoms with van der Waals surface area (Å²) in [6, 6.07) is 9.32. The molecule has 0 aliphatic rings. The summed E-state index contributed by atoms with van der Waals surface area (Å²) in [6.45, 7) is 0.115. The van der Waals surface area contributed by atoms with Crippen LogP contribution in [-0.2, 0) is 4.74 Å². The normalized spacial score (nSPS) is 10.2. The van der Waals surface area contributed by atoms with Gasteiger partial charge >= 0.3 is 11.7 Å². The molecule has 1 heterocycles. The second-order valence-electron chi connectivity index (χ2n) is 4.08. The molecule has 1 aromatic carbocycles. The van der Waals surface area contributed by atoms with Gasteiger partial charge in [0.15, 0.2) is 5.03 Å². The fourth-order valence-electron chi connectivity index (χ4n) is 1.60. The molecule has 1 aromatic heterocycles. The predicted octanol–water partition coefficient (Wildman–Crippen LogP) is 3.59. The van der Waals surface area contributed by atoms with E-state index in [1.54, 1.807) is 18.2 Å². The maximum absolute atomic E-state index is 11.8. The van der Waals surface area contributed by atoms with E-state index in [4.69, 9.17) is 16.3 Å². The molecule has 0 fully saturated rings. The first-order chi connectivity index (χ1) is 10.6. The first-order valence-electron chi connectivity index (χ1n) is 6.23. The van der Waals surface area contributed by atoms with E-state index in [1.807, 2.05) is 0 Å². The number of nitrogens with zero attached hydrogens (tertiary/aromatic N) is 2. The maximum Gasteiger partial charge on any atom is 0.338 e. The fourth-order valence-corrected chi connectivity index (χ4v) is 2.58. The van der Waals surface area contributed by atoms with Crippen LogP contribution >= 0.6 is 23.4 Å². The molecule has 0 N–H and O–H groups in total. The number of carbonyl (C=O) groups excluding carboxylic acids is 1. The summed E-state index contributed by atoms with van der Waals surface area (Å²) < 4.78 is 5.09. The third-order valence-corrected chi connectivity index (χ3v) is 3.76. The highest BCUT2D eigenvalue weighted by atomic mass is 35.5. The van der Waals surface area contributed by atoms with Crippen molar-refractivity contribution in [2.24, 2.45) is 0 Å². The molecule has 2 rings (SSSR count). The Hall–Kier alpha value is -2.12. The molecular weight excluding hydrogens is 328 g/mol. The summed E-state index contributed by atoms with van der Waals surface area (Å²) in [7, 11) is 0. The van der Waals surface area contributed by atoms with Crippen LogP contribution in [0.15, 0.2) is 47.6 Å². The summed E-state index contributed by atoms with van der Waals surface area (Å²) in [6.07, 6.45) is 1.48. The molecule has 0 unspecified atom stereocenters. The molecule has 0 saturated heterocycles. The van der Waals surface area contributed by atoms with Crippen LogP contribution < -0.4 is 0 Å². The van der Waals surface area contributed by atoms with E-state index in [0.29, 0.717) is 21.4 Å². The number of aromatic nitrogens is 1. The summed E-state index contributed by atoms with van der Waals surface area (Å²) in [5, 5.41) is 11.6. The maximum atomic E-state index is 11.8. The van der Waals surface area contributed by atoms with Gasteiger partial charge in [0, 0.05) is 23.0 Å². The Morgan fingerprint density at radius 3 is 2.91 bits per heavy atom. The molecule has 0 atom stereocenters. The van der Waals surface area contributed by atoms with Crippen molar-refractivity contribution in [1.82, 2.24) is 4.98 Å². The van der Waals surface area contributed by atoms with Gasteiger partial charge in [0.1, 0.15) is 6.61 Å². The molecule has 0 radical (unpaired) electrons. The van der Waals surface area contributed by atoms with Crippen LogP contribution in [0.5, 0.6) is 0 Å². The number of thioether (sulfide) groups is 1. The van der Waals surface area contributed by atoms with Gasteiger partial charge in [0.25, 0.3) is 0 Å². The molecule has 0 saturated carbocycles. The Morgan fingerprint density at radius 2 is 2.18 bits per heavy atom. The van der Waals surface area contributed by atoms with Crippen molar-refractivity contribution in [3.63, 3.8) is 0 Å². The van der Waals surface area contributed by atoms with Crippen molar-refractivity contribution < 1.29 is 14.5 Å². The largest absolute Gasteiger partial charge is 0.461 e. The van der Waals surface area contributed by atoms with Crippen LogP contribution in [0.2, 0.25) is 5.02 Å². The van der Waals surface area contributed by atoms with E-state index >= 15 is 0 Å². The molecule has 22 heavy (non-hydrogen) atoms. The van der Waals surface area contributed by atoms with E-state index < -0.39 is 10.9 Å². The lowest BCUT2D eigenvalue weighted by molar-refractivity contribution is -0.388. The number of hydrogen-bond donors (Lipinski definition) is 0. The number of carbonyl (C=O) groups is 1. The van der Waals surface area contributed by atoms with Crippen molar-refractivity contribution in [2.45, 2.75) is 5.03 Å². The van der Waals surface area contributed by atoms with Crippen LogP contribution in [0.25, 0.3) is 0 Å². The first kappa shape index (κ1) is 16.3. The van der Waals surface area contributed by atoms with E-state index in [2.05, 4.69) is 4.98 Å². The quantitative estimate of drug-likeness (QED) is 0.263. The lowest BCUT2D eigenvalue weighted by Gasteiger charge is -2.05. The van der Waals surface area contributed by atoms with Crippen LogP contribution in [0.1, 0.15) is 10.4 Å². The number of pyridine rings is 1. The zero-order chi connectivity index (χ0) is 15.9. The highest BCUT2D eigenvalue weighted by molar-refractivity contribution is 7.99. The van der Waals surface area contributed by atoms with Crippen LogP contribution in [-0.4, -0.2) is 28.2 Å². The second kappa shape index (κ2) is 7.77. The first-order valence-corrected chi connectivity index (χ1v) is 7.59. The van der Waals surface area contributed by atoms with Gasteiger partial charge in [-0.15, -0.1) is 0 Å². The van der Waals surface area contributed by atoms with Crippen molar-refractivity contribution in [2.75, 3.05) is 12.4 Å². The lowest BCUT2D eigenvalue weighted by Crippen LogP contribution is -2.08. The number of halogens is 1. The highest BCUT2D eigenvalue weighted by Gasteiger charge is 2.14.